The van der Waals surface area contributed by atoms with E-state index in [0.717, 1.165) is 72.0 Å². The molecule has 0 unspecified atom stereocenters. The third kappa shape index (κ3) is 5.69. The van der Waals surface area contributed by atoms with Crippen LogP contribution in [-0.4, -0.2) is 19.9 Å². The summed E-state index contributed by atoms with van der Waals surface area (Å²) in [5, 5.41) is 11.5. The molecule has 6 heteroatoms. The van der Waals surface area contributed by atoms with Gasteiger partial charge >= 0.3 is 0 Å². The van der Waals surface area contributed by atoms with E-state index in [2.05, 4.69) is 77.8 Å². The molecule has 0 amide bonds. The first-order valence-corrected chi connectivity index (χ1v) is 16.6. The fourth-order valence-electron chi connectivity index (χ4n) is 6.53. The SMILES string of the molecule is N#Cc1cncc(-c2ccc(-c3nc(-c4cccc(-c5ccccc5)c4)nc(-c4ccc5c(c4)oc4cccc(-c6ccccc6)c45)n3)cc2)c1. The number of hydrogen-bond donors (Lipinski definition) is 0. The smallest absolute Gasteiger partial charge is 0.164 e. The molecule has 0 bridgehead atoms. The lowest BCUT2D eigenvalue weighted by Crippen LogP contribution is -2.00. The van der Waals surface area contributed by atoms with E-state index in [9.17, 15) is 5.26 Å². The third-order valence-corrected chi connectivity index (χ3v) is 9.05. The van der Waals surface area contributed by atoms with Gasteiger partial charge in [0.1, 0.15) is 17.2 Å². The second-order valence-corrected chi connectivity index (χ2v) is 12.3. The monoisotopic (exact) mass is 653 g/mol. The normalized spacial score (nSPS) is 11.1. The lowest BCUT2D eigenvalue weighted by Gasteiger charge is -2.10. The van der Waals surface area contributed by atoms with Crippen molar-refractivity contribution in [1.82, 2.24) is 19.9 Å². The maximum absolute atomic E-state index is 9.36. The van der Waals surface area contributed by atoms with Gasteiger partial charge in [0, 0.05) is 45.4 Å². The van der Waals surface area contributed by atoms with Crippen LogP contribution in [0.3, 0.4) is 0 Å². The Morgan fingerprint density at radius 2 is 1.02 bits per heavy atom. The largest absolute Gasteiger partial charge is 0.456 e. The predicted octanol–water partition coefficient (Wildman–Crippen LogP) is 11.0. The number of rotatable bonds is 6. The van der Waals surface area contributed by atoms with E-state index in [4.69, 9.17) is 19.4 Å². The molecule has 3 heterocycles. The fraction of sp³-hybridized carbons (Fsp3) is 0. The Hall–Kier alpha value is -7.23. The Morgan fingerprint density at radius 1 is 0.431 bits per heavy atom. The highest BCUT2D eigenvalue weighted by Crippen LogP contribution is 2.38. The molecule has 0 atom stereocenters. The van der Waals surface area contributed by atoms with Crippen LogP contribution in [0.15, 0.2) is 168 Å². The molecule has 0 radical (unpaired) electrons. The molecule has 0 saturated carbocycles. The second-order valence-electron chi connectivity index (χ2n) is 12.3. The van der Waals surface area contributed by atoms with Crippen molar-refractivity contribution in [1.29, 1.82) is 5.26 Å². The fourth-order valence-corrected chi connectivity index (χ4v) is 6.53. The molecule has 3 aromatic heterocycles. The molecule has 0 fully saturated rings. The summed E-state index contributed by atoms with van der Waals surface area (Å²) in [6.07, 6.45) is 3.31. The zero-order chi connectivity index (χ0) is 34.1. The van der Waals surface area contributed by atoms with E-state index in [0.29, 0.717) is 23.0 Å². The van der Waals surface area contributed by atoms with Crippen molar-refractivity contribution in [2.75, 3.05) is 0 Å². The van der Waals surface area contributed by atoms with E-state index in [-0.39, 0.29) is 0 Å². The molecule has 9 rings (SSSR count). The van der Waals surface area contributed by atoms with Crippen LogP contribution in [0, 0.1) is 11.3 Å². The van der Waals surface area contributed by atoms with Gasteiger partial charge in [-0.3, -0.25) is 4.98 Å². The van der Waals surface area contributed by atoms with E-state index < -0.39 is 0 Å². The van der Waals surface area contributed by atoms with Crippen molar-refractivity contribution in [2.24, 2.45) is 0 Å². The zero-order valence-corrected chi connectivity index (χ0v) is 27.2. The van der Waals surface area contributed by atoms with Gasteiger partial charge in [-0.1, -0.05) is 121 Å². The van der Waals surface area contributed by atoms with Crippen molar-refractivity contribution in [3.05, 3.63) is 170 Å². The molecule has 51 heavy (non-hydrogen) atoms. The molecular formula is C45H27N5O. The number of benzene rings is 6. The average Bonchev–Trinajstić information content (AvgIpc) is 3.60. The number of fused-ring (bicyclic) bond motifs is 3. The van der Waals surface area contributed by atoms with Crippen LogP contribution in [0.4, 0.5) is 0 Å². The Bertz CT molecular complexity index is 2750. The van der Waals surface area contributed by atoms with Gasteiger partial charge in [-0.2, -0.15) is 5.26 Å². The third-order valence-electron chi connectivity index (χ3n) is 9.05. The van der Waals surface area contributed by atoms with Gasteiger partial charge < -0.3 is 4.42 Å². The Morgan fingerprint density at radius 3 is 1.76 bits per heavy atom. The van der Waals surface area contributed by atoms with Gasteiger partial charge in [0.2, 0.25) is 0 Å². The van der Waals surface area contributed by atoms with Crippen molar-refractivity contribution < 1.29 is 4.42 Å². The highest BCUT2D eigenvalue weighted by atomic mass is 16.3. The number of nitrogens with zero attached hydrogens (tertiary/aromatic N) is 5. The van der Waals surface area contributed by atoms with Crippen LogP contribution in [0.1, 0.15) is 5.56 Å². The summed E-state index contributed by atoms with van der Waals surface area (Å²) in [4.78, 5) is 19.3. The lowest BCUT2D eigenvalue weighted by atomic mass is 9.99. The summed E-state index contributed by atoms with van der Waals surface area (Å²) in [6, 6.07) is 53.2. The molecule has 0 N–H and O–H groups in total. The standard InChI is InChI=1S/C45H27N5O/c46-26-29-23-37(28-47-27-29)31-17-19-33(20-18-31)43-48-44(35-14-7-13-34(24-35)30-9-3-1-4-10-30)50-45(49-43)36-21-22-39-41(25-36)51-40-16-8-15-38(42(39)40)32-11-5-2-6-12-32/h1-25,27-28H. The van der Waals surface area contributed by atoms with Crippen LogP contribution < -0.4 is 0 Å². The summed E-state index contributed by atoms with van der Waals surface area (Å²) in [7, 11) is 0. The number of furan rings is 1. The van der Waals surface area contributed by atoms with Crippen LogP contribution in [0.25, 0.3) is 89.5 Å². The molecule has 9 aromatic rings. The van der Waals surface area contributed by atoms with E-state index in [1.807, 2.05) is 84.9 Å². The van der Waals surface area contributed by atoms with Crippen molar-refractivity contribution in [3.63, 3.8) is 0 Å². The second kappa shape index (κ2) is 12.7. The van der Waals surface area contributed by atoms with Gasteiger partial charge in [0.25, 0.3) is 0 Å². The Labute approximate surface area is 294 Å². The molecule has 0 spiro atoms. The minimum atomic E-state index is 0.513. The molecule has 0 aliphatic heterocycles. The van der Waals surface area contributed by atoms with Gasteiger partial charge in [-0.25, -0.2) is 15.0 Å². The maximum Gasteiger partial charge on any atom is 0.164 e. The molecule has 0 aliphatic carbocycles. The quantitative estimate of drug-likeness (QED) is 0.177. The van der Waals surface area contributed by atoms with E-state index in [1.54, 1.807) is 12.4 Å². The number of aromatic nitrogens is 4. The summed E-state index contributed by atoms with van der Waals surface area (Å²) in [5.74, 6) is 1.66. The Kier molecular flexibility index (Phi) is 7.42. The van der Waals surface area contributed by atoms with E-state index in [1.165, 1.54) is 0 Å². The minimum Gasteiger partial charge on any atom is -0.456 e. The molecular weight excluding hydrogens is 627 g/mol. The minimum absolute atomic E-state index is 0.513. The number of nitriles is 1. The summed E-state index contributed by atoms with van der Waals surface area (Å²) >= 11 is 0. The van der Waals surface area contributed by atoms with Crippen LogP contribution in [0.2, 0.25) is 0 Å². The van der Waals surface area contributed by atoms with Crippen molar-refractivity contribution in [2.45, 2.75) is 0 Å². The van der Waals surface area contributed by atoms with Crippen LogP contribution in [-0.2, 0) is 0 Å². The molecule has 0 saturated heterocycles. The molecule has 6 aromatic carbocycles. The average molecular weight is 654 g/mol. The highest BCUT2D eigenvalue weighted by Gasteiger charge is 2.17. The van der Waals surface area contributed by atoms with Gasteiger partial charge in [-0.15, -0.1) is 0 Å². The van der Waals surface area contributed by atoms with Gasteiger partial charge in [0.05, 0.1) is 5.56 Å². The predicted molar refractivity (Wildman–Crippen MR) is 202 cm³/mol. The highest BCUT2D eigenvalue weighted by molar-refractivity contribution is 6.13. The number of hydrogen-bond acceptors (Lipinski definition) is 6. The van der Waals surface area contributed by atoms with Gasteiger partial charge in [0.15, 0.2) is 17.5 Å². The first kappa shape index (κ1) is 29.9. The first-order valence-electron chi connectivity index (χ1n) is 16.6. The molecule has 6 nitrogen and oxygen atoms in total. The van der Waals surface area contributed by atoms with Crippen molar-refractivity contribution >= 4 is 21.9 Å². The summed E-state index contributed by atoms with van der Waals surface area (Å²) in [5.41, 5.74) is 10.9. The zero-order valence-electron chi connectivity index (χ0n) is 27.2. The van der Waals surface area contributed by atoms with Crippen LogP contribution in [0.5, 0.6) is 0 Å². The topological polar surface area (TPSA) is 88.5 Å². The molecule has 238 valence electrons. The van der Waals surface area contributed by atoms with Gasteiger partial charge in [-0.05, 0) is 58.1 Å². The van der Waals surface area contributed by atoms with Crippen molar-refractivity contribution in [3.8, 4) is 73.6 Å². The lowest BCUT2D eigenvalue weighted by molar-refractivity contribution is 0.669. The Balaban J connectivity index is 1.18. The van der Waals surface area contributed by atoms with Crippen LogP contribution >= 0.6 is 0 Å². The van der Waals surface area contributed by atoms with E-state index >= 15 is 0 Å². The maximum atomic E-state index is 9.36. The molecule has 0 aliphatic rings. The summed E-state index contributed by atoms with van der Waals surface area (Å²) < 4.78 is 6.45. The summed E-state index contributed by atoms with van der Waals surface area (Å²) in [6.45, 7) is 0. The first-order chi connectivity index (χ1) is 25.2. The number of pyridine rings is 1.